The lowest BCUT2D eigenvalue weighted by atomic mass is 10.1. The van der Waals surface area contributed by atoms with Gasteiger partial charge < -0.3 is 10.1 Å². The van der Waals surface area contributed by atoms with E-state index in [9.17, 15) is 12.8 Å². The molecule has 7 nitrogen and oxygen atoms in total. The van der Waals surface area contributed by atoms with Crippen LogP contribution in [0.5, 0.6) is 5.75 Å². The highest BCUT2D eigenvalue weighted by Gasteiger charge is 2.19. The van der Waals surface area contributed by atoms with Crippen molar-refractivity contribution in [3.63, 3.8) is 0 Å². The standard InChI is InChI=1S/C21H25FN4O3S2/c1-3-16(26-31(27,28)18-10-8-17(29-2)9-11-18)12-13-23-21-24-20(25-30-21)14-15-6-4-5-7-19(15)22/h4-11,16,26H,3,12-14H2,1-2H3,(H,23,24,25). The Bertz CT molecular complexity index is 1090. The molecular weight excluding hydrogens is 439 g/mol. The zero-order valence-corrected chi connectivity index (χ0v) is 19.0. The summed E-state index contributed by atoms with van der Waals surface area (Å²) >= 11 is 1.20. The van der Waals surface area contributed by atoms with E-state index < -0.39 is 10.0 Å². The summed E-state index contributed by atoms with van der Waals surface area (Å²) < 4.78 is 51.1. The lowest BCUT2D eigenvalue weighted by molar-refractivity contribution is 0.414. The highest BCUT2D eigenvalue weighted by molar-refractivity contribution is 7.89. The van der Waals surface area contributed by atoms with Crippen LogP contribution in [0.1, 0.15) is 31.2 Å². The molecule has 10 heteroatoms. The Balaban J connectivity index is 1.52. The molecule has 1 aromatic heterocycles. The number of hydrogen-bond donors (Lipinski definition) is 2. The van der Waals surface area contributed by atoms with E-state index in [-0.39, 0.29) is 16.8 Å². The van der Waals surface area contributed by atoms with Crippen LogP contribution in [0.2, 0.25) is 0 Å². The molecule has 0 radical (unpaired) electrons. The first-order valence-corrected chi connectivity index (χ1v) is 12.1. The molecule has 0 saturated carbocycles. The van der Waals surface area contributed by atoms with E-state index in [0.29, 0.717) is 48.1 Å². The summed E-state index contributed by atoms with van der Waals surface area (Å²) in [5, 5.41) is 3.79. The van der Waals surface area contributed by atoms with E-state index >= 15 is 0 Å². The molecule has 0 saturated heterocycles. The summed E-state index contributed by atoms with van der Waals surface area (Å²) in [5.41, 5.74) is 0.547. The number of sulfonamides is 1. The van der Waals surface area contributed by atoms with E-state index in [1.54, 1.807) is 30.3 Å². The lowest BCUT2D eigenvalue weighted by Crippen LogP contribution is -2.35. The summed E-state index contributed by atoms with van der Waals surface area (Å²) in [7, 11) is -2.09. The van der Waals surface area contributed by atoms with Gasteiger partial charge in [0.1, 0.15) is 17.4 Å². The molecule has 0 aliphatic carbocycles. The van der Waals surface area contributed by atoms with Crippen molar-refractivity contribution in [1.82, 2.24) is 14.1 Å². The largest absolute Gasteiger partial charge is 0.497 e. The number of aromatic nitrogens is 2. The number of nitrogens with one attached hydrogen (secondary N) is 2. The molecule has 3 rings (SSSR count). The van der Waals surface area contributed by atoms with E-state index in [1.165, 1.54) is 36.8 Å². The first kappa shape index (κ1) is 23.1. The van der Waals surface area contributed by atoms with Crippen LogP contribution in [0.25, 0.3) is 0 Å². The van der Waals surface area contributed by atoms with Gasteiger partial charge in [-0.15, -0.1) is 0 Å². The number of ether oxygens (including phenoxy) is 1. The van der Waals surface area contributed by atoms with Gasteiger partial charge in [-0.3, -0.25) is 0 Å². The van der Waals surface area contributed by atoms with Crippen molar-refractivity contribution in [2.24, 2.45) is 0 Å². The van der Waals surface area contributed by atoms with Crippen molar-refractivity contribution in [3.05, 3.63) is 65.7 Å². The van der Waals surface area contributed by atoms with E-state index in [4.69, 9.17) is 4.74 Å². The van der Waals surface area contributed by atoms with Gasteiger partial charge in [-0.2, -0.15) is 4.37 Å². The average molecular weight is 465 g/mol. The maximum Gasteiger partial charge on any atom is 0.240 e. The molecular formula is C21H25FN4O3S2. The van der Waals surface area contributed by atoms with Crippen LogP contribution in [0.3, 0.4) is 0 Å². The van der Waals surface area contributed by atoms with Crippen LogP contribution in [0.4, 0.5) is 9.52 Å². The monoisotopic (exact) mass is 464 g/mol. The Labute approximate surface area is 185 Å². The molecule has 0 fully saturated rings. The molecule has 0 aliphatic heterocycles. The van der Waals surface area contributed by atoms with E-state index in [0.717, 1.165) is 0 Å². The fourth-order valence-corrected chi connectivity index (χ4v) is 4.92. The summed E-state index contributed by atoms with van der Waals surface area (Å²) in [4.78, 5) is 4.58. The van der Waals surface area contributed by atoms with Crippen LogP contribution >= 0.6 is 11.5 Å². The van der Waals surface area contributed by atoms with Crippen LogP contribution in [-0.2, 0) is 16.4 Å². The SMILES string of the molecule is CCC(CCNc1nc(Cc2ccccc2F)ns1)NS(=O)(=O)c1ccc(OC)cc1. The van der Waals surface area contributed by atoms with Gasteiger partial charge >= 0.3 is 0 Å². The predicted octanol–water partition coefficient (Wildman–Crippen LogP) is 3.84. The fraction of sp³-hybridized carbons (Fsp3) is 0.333. The highest BCUT2D eigenvalue weighted by atomic mass is 32.2. The first-order chi connectivity index (χ1) is 14.9. The van der Waals surface area contributed by atoms with Gasteiger partial charge in [0.25, 0.3) is 0 Å². The van der Waals surface area contributed by atoms with E-state index in [2.05, 4.69) is 19.4 Å². The topological polar surface area (TPSA) is 93.2 Å². The predicted molar refractivity (Wildman–Crippen MR) is 120 cm³/mol. The van der Waals surface area contributed by atoms with Gasteiger partial charge in [0.15, 0.2) is 0 Å². The van der Waals surface area contributed by atoms with Gasteiger partial charge in [-0.25, -0.2) is 22.5 Å². The second-order valence-electron chi connectivity index (χ2n) is 6.90. The Hall–Kier alpha value is -2.56. The van der Waals surface area contributed by atoms with Crippen molar-refractivity contribution in [2.45, 2.75) is 37.1 Å². The summed E-state index contributed by atoms with van der Waals surface area (Å²) in [5.74, 6) is 0.869. The van der Waals surface area contributed by atoms with Crippen LogP contribution in [-0.4, -0.2) is 37.5 Å². The number of hydrogen-bond acceptors (Lipinski definition) is 7. The molecule has 1 heterocycles. The van der Waals surface area contributed by atoms with Crippen LogP contribution < -0.4 is 14.8 Å². The minimum atomic E-state index is -3.62. The molecule has 2 N–H and O–H groups in total. The van der Waals surface area contributed by atoms with E-state index in [1.807, 2.05) is 6.92 Å². The van der Waals surface area contributed by atoms with Crippen molar-refractivity contribution in [2.75, 3.05) is 19.0 Å². The molecule has 0 amide bonds. The minimum absolute atomic E-state index is 0.196. The maximum atomic E-state index is 13.8. The maximum absolute atomic E-state index is 13.8. The van der Waals surface area contributed by atoms with Crippen LogP contribution in [0, 0.1) is 5.82 Å². The van der Waals surface area contributed by atoms with Gasteiger partial charge in [-0.05, 0) is 48.7 Å². The molecule has 166 valence electrons. The highest BCUT2D eigenvalue weighted by Crippen LogP contribution is 2.18. The number of benzene rings is 2. The summed E-state index contributed by atoms with van der Waals surface area (Å²) in [6.45, 7) is 2.45. The normalized spacial score (nSPS) is 12.5. The number of halogens is 1. The Morgan fingerprint density at radius 2 is 1.90 bits per heavy atom. The van der Waals surface area contributed by atoms with Crippen molar-refractivity contribution >= 4 is 26.7 Å². The third kappa shape index (κ3) is 6.46. The number of nitrogens with zero attached hydrogens (tertiary/aromatic N) is 2. The molecule has 3 aromatic rings. The molecule has 31 heavy (non-hydrogen) atoms. The van der Waals surface area contributed by atoms with Gasteiger partial charge in [-0.1, -0.05) is 25.1 Å². The second-order valence-corrected chi connectivity index (χ2v) is 9.37. The fourth-order valence-electron chi connectivity index (χ4n) is 2.95. The van der Waals surface area contributed by atoms with Crippen molar-refractivity contribution in [1.29, 1.82) is 0 Å². The Morgan fingerprint density at radius 1 is 1.16 bits per heavy atom. The van der Waals surface area contributed by atoms with Crippen molar-refractivity contribution in [3.8, 4) is 5.75 Å². The Kier molecular flexibility index (Phi) is 7.94. The number of methoxy groups -OCH3 is 1. The molecule has 0 aliphatic rings. The minimum Gasteiger partial charge on any atom is -0.497 e. The first-order valence-electron chi connectivity index (χ1n) is 9.87. The average Bonchev–Trinajstić information content (AvgIpc) is 3.21. The van der Waals surface area contributed by atoms with Crippen molar-refractivity contribution < 1.29 is 17.5 Å². The summed E-state index contributed by atoms with van der Waals surface area (Å²) in [6.07, 6.45) is 1.55. The summed E-state index contributed by atoms with van der Waals surface area (Å²) in [6, 6.07) is 12.6. The van der Waals surface area contributed by atoms with Gasteiger partial charge in [0.05, 0.1) is 12.0 Å². The van der Waals surface area contributed by atoms with Gasteiger partial charge in [0.2, 0.25) is 15.2 Å². The third-order valence-corrected chi connectivity index (χ3v) is 6.97. The molecule has 1 atom stereocenters. The quantitative estimate of drug-likeness (QED) is 0.448. The smallest absolute Gasteiger partial charge is 0.240 e. The lowest BCUT2D eigenvalue weighted by Gasteiger charge is -2.17. The Morgan fingerprint density at radius 3 is 2.58 bits per heavy atom. The molecule has 0 spiro atoms. The molecule has 1 unspecified atom stereocenters. The molecule has 2 aromatic carbocycles. The third-order valence-electron chi connectivity index (χ3n) is 4.73. The zero-order chi connectivity index (χ0) is 22.3. The number of rotatable bonds is 11. The number of anilines is 1. The van der Waals surface area contributed by atoms with Crippen LogP contribution in [0.15, 0.2) is 53.4 Å². The second kappa shape index (κ2) is 10.7. The molecule has 0 bridgehead atoms. The van der Waals surface area contributed by atoms with Gasteiger partial charge in [0, 0.05) is 30.5 Å². The zero-order valence-electron chi connectivity index (χ0n) is 17.3.